The number of aromatic nitrogens is 1. The lowest BCUT2D eigenvalue weighted by Crippen LogP contribution is -2.44. The molecule has 27 heavy (non-hydrogen) atoms. The van der Waals surface area contributed by atoms with Crippen LogP contribution in [0.3, 0.4) is 0 Å². The van der Waals surface area contributed by atoms with Gasteiger partial charge in [0.2, 0.25) is 11.8 Å². The first-order chi connectivity index (χ1) is 13.2. The summed E-state index contributed by atoms with van der Waals surface area (Å²) in [4.78, 5) is 21.9. The molecule has 0 N–H and O–H groups in total. The summed E-state index contributed by atoms with van der Waals surface area (Å²) in [6, 6.07) is 10.0. The van der Waals surface area contributed by atoms with Gasteiger partial charge in [0, 0.05) is 31.1 Å². The van der Waals surface area contributed by atoms with Crippen molar-refractivity contribution in [3.63, 3.8) is 0 Å². The Morgan fingerprint density at radius 3 is 2.48 bits per heavy atom. The second kappa shape index (κ2) is 8.26. The summed E-state index contributed by atoms with van der Waals surface area (Å²) in [5, 5.41) is 0. The largest absolute Gasteiger partial charge is 0.441 e. The third kappa shape index (κ3) is 4.24. The lowest BCUT2D eigenvalue weighted by molar-refractivity contribution is -0.138. The smallest absolute Gasteiger partial charge is 0.226 e. The molecule has 3 heterocycles. The molecule has 1 aromatic heterocycles. The average molecular weight is 367 g/mol. The lowest BCUT2D eigenvalue weighted by atomic mass is 9.94. The van der Waals surface area contributed by atoms with Crippen molar-refractivity contribution in [2.45, 2.75) is 45.6 Å². The Morgan fingerprint density at radius 1 is 1.07 bits per heavy atom. The van der Waals surface area contributed by atoms with Gasteiger partial charge in [0.25, 0.3) is 0 Å². The van der Waals surface area contributed by atoms with E-state index in [-0.39, 0.29) is 5.92 Å². The summed E-state index contributed by atoms with van der Waals surface area (Å²) >= 11 is 0. The lowest BCUT2D eigenvalue weighted by Gasteiger charge is -2.35. The number of hydrogen-bond acceptors (Lipinski definition) is 4. The molecular formula is C22H29N3O2. The summed E-state index contributed by atoms with van der Waals surface area (Å²) in [7, 11) is 0. The van der Waals surface area contributed by atoms with Gasteiger partial charge in [-0.05, 0) is 64.3 Å². The SMILES string of the molecule is Cc1oc(-c2ccccc2)nc1CN1CCC(C(=O)N2CCCCC2)CC1. The molecule has 0 radical (unpaired) electrons. The predicted octanol–water partition coefficient (Wildman–Crippen LogP) is 3.87. The quantitative estimate of drug-likeness (QED) is 0.823. The van der Waals surface area contributed by atoms with Crippen LogP contribution in [0.1, 0.15) is 43.6 Å². The number of carbonyl (C=O) groups is 1. The van der Waals surface area contributed by atoms with Crippen molar-refractivity contribution >= 4 is 5.91 Å². The Hall–Kier alpha value is -2.14. The number of hydrogen-bond donors (Lipinski definition) is 0. The minimum atomic E-state index is 0.206. The van der Waals surface area contributed by atoms with Crippen LogP contribution in [0.2, 0.25) is 0 Å². The van der Waals surface area contributed by atoms with Gasteiger partial charge in [0.1, 0.15) is 5.76 Å². The number of oxazole rings is 1. The fourth-order valence-electron chi connectivity index (χ4n) is 4.20. The molecule has 0 saturated carbocycles. The Labute approximate surface area is 161 Å². The van der Waals surface area contributed by atoms with Crippen molar-refractivity contribution in [1.82, 2.24) is 14.8 Å². The molecule has 2 aliphatic heterocycles. The summed E-state index contributed by atoms with van der Waals surface area (Å²) in [6.07, 6.45) is 5.51. The second-order valence-electron chi connectivity index (χ2n) is 7.82. The van der Waals surface area contributed by atoms with Gasteiger partial charge in [0.05, 0.1) is 5.69 Å². The van der Waals surface area contributed by atoms with Crippen LogP contribution in [-0.2, 0) is 11.3 Å². The molecule has 4 rings (SSSR count). The fourth-order valence-corrected chi connectivity index (χ4v) is 4.20. The van der Waals surface area contributed by atoms with Gasteiger partial charge in [-0.1, -0.05) is 18.2 Å². The van der Waals surface area contributed by atoms with Crippen LogP contribution in [0.5, 0.6) is 0 Å². The van der Waals surface area contributed by atoms with Crippen molar-refractivity contribution < 1.29 is 9.21 Å². The molecule has 2 fully saturated rings. The van der Waals surface area contributed by atoms with Crippen LogP contribution >= 0.6 is 0 Å². The molecule has 1 aromatic carbocycles. The maximum absolute atomic E-state index is 12.7. The highest BCUT2D eigenvalue weighted by Gasteiger charge is 2.29. The zero-order chi connectivity index (χ0) is 18.6. The highest BCUT2D eigenvalue weighted by atomic mass is 16.4. The van der Waals surface area contributed by atoms with Gasteiger partial charge in [-0.25, -0.2) is 4.98 Å². The molecule has 5 nitrogen and oxygen atoms in total. The number of rotatable bonds is 4. The third-order valence-electron chi connectivity index (χ3n) is 5.89. The molecule has 2 aliphatic rings. The van der Waals surface area contributed by atoms with E-state index < -0.39 is 0 Å². The molecule has 5 heteroatoms. The van der Waals surface area contributed by atoms with Crippen molar-refractivity contribution in [2.24, 2.45) is 5.92 Å². The monoisotopic (exact) mass is 367 g/mol. The number of carbonyl (C=O) groups excluding carboxylic acids is 1. The van der Waals surface area contributed by atoms with Crippen LogP contribution in [0.25, 0.3) is 11.5 Å². The van der Waals surface area contributed by atoms with E-state index in [1.165, 1.54) is 19.3 Å². The number of piperidine rings is 2. The number of likely N-dealkylation sites (tertiary alicyclic amines) is 2. The van der Waals surface area contributed by atoms with Crippen molar-refractivity contribution in [3.8, 4) is 11.5 Å². The van der Waals surface area contributed by atoms with Crippen molar-refractivity contribution in [1.29, 1.82) is 0 Å². The standard InChI is InChI=1S/C22H29N3O2/c1-17-20(23-21(27-17)18-8-4-2-5-9-18)16-24-14-10-19(11-15-24)22(26)25-12-6-3-7-13-25/h2,4-5,8-9,19H,3,6-7,10-16H2,1H3. The van der Waals surface area contributed by atoms with E-state index in [4.69, 9.17) is 9.40 Å². The maximum atomic E-state index is 12.7. The highest BCUT2D eigenvalue weighted by Crippen LogP contribution is 2.25. The van der Waals surface area contributed by atoms with E-state index in [1.54, 1.807) is 0 Å². The first-order valence-corrected chi connectivity index (χ1v) is 10.2. The Kier molecular flexibility index (Phi) is 5.58. The molecule has 0 atom stereocenters. The molecule has 0 unspecified atom stereocenters. The van der Waals surface area contributed by atoms with Crippen LogP contribution in [-0.4, -0.2) is 46.9 Å². The van der Waals surface area contributed by atoms with Gasteiger partial charge >= 0.3 is 0 Å². The van der Waals surface area contributed by atoms with Crippen LogP contribution in [0.4, 0.5) is 0 Å². The average Bonchev–Trinajstić information content (AvgIpc) is 3.10. The molecule has 0 spiro atoms. The van der Waals surface area contributed by atoms with E-state index in [0.29, 0.717) is 11.8 Å². The number of nitrogens with zero attached hydrogens (tertiary/aromatic N) is 3. The summed E-state index contributed by atoms with van der Waals surface area (Å²) in [5.41, 5.74) is 2.02. The maximum Gasteiger partial charge on any atom is 0.226 e. The van der Waals surface area contributed by atoms with Crippen molar-refractivity contribution in [2.75, 3.05) is 26.2 Å². The summed E-state index contributed by atoms with van der Waals surface area (Å²) < 4.78 is 5.88. The van der Waals surface area contributed by atoms with E-state index in [1.807, 2.05) is 37.3 Å². The molecule has 0 bridgehead atoms. The van der Waals surface area contributed by atoms with Gasteiger partial charge in [-0.2, -0.15) is 0 Å². The van der Waals surface area contributed by atoms with Crippen LogP contribution in [0.15, 0.2) is 34.7 Å². The number of aryl methyl sites for hydroxylation is 1. The normalized spacial score (nSPS) is 19.4. The molecule has 2 saturated heterocycles. The van der Waals surface area contributed by atoms with Crippen molar-refractivity contribution in [3.05, 3.63) is 41.8 Å². The highest BCUT2D eigenvalue weighted by molar-refractivity contribution is 5.79. The van der Waals surface area contributed by atoms with Gasteiger partial charge < -0.3 is 9.32 Å². The zero-order valence-electron chi connectivity index (χ0n) is 16.2. The van der Waals surface area contributed by atoms with Gasteiger partial charge in [0.15, 0.2) is 0 Å². The summed E-state index contributed by atoms with van der Waals surface area (Å²) in [5.74, 6) is 2.18. The molecule has 2 aromatic rings. The molecule has 144 valence electrons. The molecular weight excluding hydrogens is 338 g/mol. The Balaban J connectivity index is 1.33. The fraction of sp³-hybridized carbons (Fsp3) is 0.545. The summed E-state index contributed by atoms with van der Waals surface area (Å²) in [6.45, 7) is 6.61. The van der Waals surface area contributed by atoms with E-state index in [0.717, 1.165) is 62.6 Å². The van der Waals surface area contributed by atoms with E-state index >= 15 is 0 Å². The van der Waals surface area contributed by atoms with Crippen LogP contribution in [0, 0.1) is 12.8 Å². The minimum absolute atomic E-state index is 0.206. The minimum Gasteiger partial charge on any atom is -0.441 e. The number of amides is 1. The second-order valence-corrected chi connectivity index (χ2v) is 7.82. The first-order valence-electron chi connectivity index (χ1n) is 10.2. The Morgan fingerprint density at radius 2 is 1.78 bits per heavy atom. The number of benzene rings is 1. The molecule has 0 aliphatic carbocycles. The van der Waals surface area contributed by atoms with E-state index in [9.17, 15) is 4.79 Å². The van der Waals surface area contributed by atoms with Crippen LogP contribution < -0.4 is 0 Å². The topological polar surface area (TPSA) is 49.6 Å². The predicted molar refractivity (Wildman–Crippen MR) is 105 cm³/mol. The molecule has 1 amide bonds. The first kappa shape index (κ1) is 18.2. The Bertz CT molecular complexity index is 757. The zero-order valence-corrected chi connectivity index (χ0v) is 16.2. The van der Waals surface area contributed by atoms with E-state index in [2.05, 4.69) is 9.80 Å². The van der Waals surface area contributed by atoms with Gasteiger partial charge in [-0.3, -0.25) is 9.69 Å². The van der Waals surface area contributed by atoms with Gasteiger partial charge in [-0.15, -0.1) is 0 Å². The third-order valence-corrected chi connectivity index (χ3v) is 5.89.